The summed E-state index contributed by atoms with van der Waals surface area (Å²) in [5, 5.41) is 0. The third kappa shape index (κ3) is 4.25. The molecule has 0 aromatic heterocycles. The lowest BCUT2D eigenvalue weighted by atomic mass is 10.0. The topological polar surface area (TPSA) is 66.5 Å². The van der Waals surface area contributed by atoms with Gasteiger partial charge in [0.1, 0.15) is 5.82 Å². The van der Waals surface area contributed by atoms with E-state index in [2.05, 4.69) is 4.72 Å². The second-order valence-electron chi connectivity index (χ2n) is 5.46. The molecule has 1 heterocycles. The average molecular weight is 314 g/mol. The van der Waals surface area contributed by atoms with Crippen LogP contribution in [0.4, 0.5) is 4.39 Å². The van der Waals surface area contributed by atoms with Crippen molar-refractivity contribution in [2.24, 2.45) is 0 Å². The molecule has 0 aliphatic carbocycles. The zero-order valence-electron chi connectivity index (χ0n) is 12.1. The van der Waals surface area contributed by atoms with Crippen LogP contribution in [0.1, 0.15) is 28.8 Å². The van der Waals surface area contributed by atoms with E-state index >= 15 is 0 Å². The Labute approximate surface area is 124 Å². The Bertz CT molecular complexity index is 646. The highest BCUT2D eigenvalue weighted by Crippen LogP contribution is 2.17. The smallest absolute Gasteiger partial charge is 0.256 e. The molecular weight excluding hydrogens is 295 g/mol. The van der Waals surface area contributed by atoms with E-state index in [9.17, 15) is 17.6 Å². The largest absolute Gasteiger partial charge is 0.337 e. The van der Waals surface area contributed by atoms with Gasteiger partial charge in [0, 0.05) is 19.1 Å². The van der Waals surface area contributed by atoms with Gasteiger partial charge in [-0.25, -0.2) is 17.5 Å². The Morgan fingerprint density at radius 3 is 2.76 bits per heavy atom. The van der Waals surface area contributed by atoms with Crippen LogP contribution in [-0.2, 0) is 10.0 Å². The zero-order valence-corrected chi connectivity index (χ0v) is 12.9. The molecule has 5 nitrogen and oxygen atoms in total. The Morgan fingerprint density at radius 1 is 1.43 bits per heavy atom. The Hall–Kier alpha value is -1.47. The fourth-order valence-electron chi connectivity index (χ4n) is 2.52. The lowest BCUT2D eigenvalue weighted by Crippen LogP contribution is -2.49. The first-order valence-electron chi connectivity index (χ1n) is 6.79. The van der Waals surface area contributed by atoms with Crippen LogP contribution in [-0.4, -0.2) is 44.6 Å². The molecule has 21 heavy (non-hydrogen) atoms. The molecule has 2 rings (SSSR count). The van der Waals surface area contributed by atoms with Crippen LogP contribution in [0, 0.1) is 12.7 Å². The van der Waals surface area contributed by atoms with Gasteiger partial charge >= 0.3 is 0 Å². The average Bonchev–Trinajstić information content (AvgIpc) is 2.36. The predicted molar refractivity (Wildman–Crippen MR) is 78.0 cm³/mol. The number of amides is 1. The van der Waals surface area contributed by atoms with E-state index in [4.69, 9.17) is 0 Å². The lowest BCUT2D eigenvalue weighted by Gasteiger charge is -2.32. The number of piperidine rings is 1. The first-order chi connectivity index (χ1) is 9.76. The second kappa shape index (κ2) is 6.11. The number of halogens is 1. The number of benzene rings is 1. The number of sulfonamides is 1. The Balaban J connectivity index is 2.12. The van der Waals surface area contributed by atoms with E-state index in [-0.39, 0.29) is 18.2 Å². The fraction of sp³-hybridized carbons (Fsp3) is 0.500. The van der Waals surface area contributed by atoms with E-state index in [1.807, 2.05) is 0 Å². The van der Waals surface area contributed by atoms with Crippen LogP contribution in [0.15, 0.2) is 18.2 Å². The van der Waals surface area contributed by atoms with Crippen LogP contribution < -0.4 is 4.72 Å². The summed E-state index contributed by atoms with van der Waals surface area (Å²) in [6.07, 6.45) is 2.45. The number of carbonyl (C=O) groups excluding carboxylic acids is 1. The van der Waals surface area contributed by atoms with E-state index in [0.717, 1.165) is 11.8 Å². The molecule has 1 N–H and O–H groups in total. The number of rotatable bonds is 3. The number of nitrogens with zero attached hydrogens (tertiary/aromatic N) is 1. The van der Waals surface area contributed by atoms with Crippen LogP contribution in [0.5, 0.6) is 0 Å². The quantitative estimate of drug-likeness (QED) is 0.914. The van der Waals surface area contributed by atoms with Gasteiger partial charge in [-0.3, -0.25) is 4.79 Å². The number of hydrogen-bond acceptors (Lipinski definition) is 3. The summed E-state index contributed by atoms with van der Waals surface area (Å²) in [4.78, 5) is 13.9. The highest BCUT2D eigenvalue weighted by atomic mass is 32.2. The van der Waals surface area contributed by atoms with Gasteiger partial charge in [0.2, 0.25) is 10.0 Å². The molecule has 1 aromatic carbocycles. The first kappa shape index (κ1) is 15.9. The minimum atomic E-state index is -3.31. The highest BCUT2D eigenvalue weighted by Gasteiger charge is 2.27. The molecule has 1 aromatic rings. The van der Waals surface area contributed by atoms with Gasteiger partial charge in [-0.2, -0.15) is 0 Å². The van der Waals surface area contributed by atoms with Gasteiger partial charge < -0.3 is 4.90 Å². The number of carbonyl (C=O) groups is 1. The summed E-state index contributed by atoms with van der Waals surface area (Å²) in [6.45, 7) is 2.53. The van der Waals surface area contributed by atoms with Gasteiger partial charge in [-0.05, 0) is 37.5 Å². The maximum atomic E-state index is 13.9. The molecule has 1 aliphatic heterocycles. The Morgan fingerprint density at radius 2 is 2.14 bits per heavy atom. The summed E-state index contributed by atoms with van der Waals surface area (Å²) in [6, 6.07) is 4.17. The molecule has 0 bridgehead atoms. The van der Waals surface area contributed by atoms with Crippen molar-refractivity contribution in [1.82, 2.24) is 9.62 Å². The van der Waals surface area contributed by atoms with Gasteiger partial charge in [-0.1, -0.05) is 6.07 Å². The van der Waals surface area contributed by atoms with Crippen LogP contribution in [0.2, 0.25) is 0 Å². The summed E-state index contributed by atoms with van der Waals surface area (Å²) < 4.78 is 38.9. The number of nitrogens with one attached hydrogen (secondary N) is 1. The molecule has 7 heteroatoms. The molecule has 116 valence electrons. The number of hydrogen-bond donors (Lipinski definition) is 1. The molecule has 1 fully saturated rings. The molecule has 1 saturated heterocycles. The van der Waals surface area contributed by atoms with Crippen molar-refractivity contribution < 1.29 is 17.6 Å². The molecular formula is C14H19FN2O3S. The maximum absolute atomic E-state index is 13.9. The van der Waals surface area contributed by atoms with Crippen molar-refractivity contribution in [3.05, 3.63) is 35.1 Å². The highest BCUT2D eigenvalue weighted by molar-refractivity contribution is 7.88. The van der Waals surface area contributed by atoms with Crippen LogP contribution in [0.25, 0.3) is 0 Å². The van der Waals surface area contributed by atoms with Crippen molar-refractivity contribution in [3.63, 3.8) is 0 Å². The van der Waals surface area contributed by atoms with Crippen molar-refractivity contribution in [2.45, 2.75) is 25.8 Å². The van der Waals surface area contributed by atoms with Crippen LogP contribution in [0.3, 0.4) is 0 Å². The lowest BCUT2D eigenvalue weighted by molar-refractivity contribution is 0.0698. The molecule has 0 radical (unpaired) electrons. The third-order valence-corrected chi connectivity index (χ3v) is 4.21. The van der Waals surface area contributed by atoms with Crippen molar-refractivity contribution in [1.29, 1.82) is 0 Å². The standard InChI is InChI=1S/C14H19FN2O3S/c1-10-5-6-12(13(15)8-10)14(18)17-7-3-4-11(9-17)16-21(2,19)20/h5-6,8,11,16H,3-4,7,9H2,1-2H3. The van der Waals surface area contributed by atoms with Crippen molar-refractivity contribution in [2.75, 3.05) is 19.3 Å². The number of aryl methyl sites for hydroxylation is 1. The number of likely N-dealkylation sites (tertiary alicyclic amines) is 1. The van der Waals surface area contributed by atoms with Gasteiger partial charge in [-0.15, -0.1) is 0 Å². The van der Waals surface area contributed by atoms with E-state index < -0.39 is 21.7 Å². The normalized spacial score (nSPS) is 19.6. The van der Waals surface area contributed by atoms with Crippen LogP contribution >= 0.6 is 0 Å². The third-order valence-electron chi connectivity index (χ3n) is 3.44. The van der Waals surface area contributed by atoms with Crippen molar-refractivity contribution in [3.8, 4) is 0 Å². The molecule has 1 atom stereocenters. The first-order valence-corrected chi connectivity index (χ1v) is 8.68. The van der Waals surface area contributed by atoms with Crippen molar-refractivity contribution >= 4 is 15.9 Å². The summed E-state index contributed by atoms with van der Waals surface area (Å²) in [7, 11) is -3.31. The molecule has 1 aliphatic rings. The Kier molecular flexibility index (Phi) is 4.63. The van der Waals surface area contributed by atoms with Gasteiger partial charge in [0.05, 0.1) is 11.8 Å². The maximum Gasteiger partial charge on any atom is 0.256 e. The van der Waals surface area contributed by atoms with Gasteiger partial charge in [0.15, 0.2) is 0 Å². The summed E-state index contributed by atoms with van der Waals surface area (Å²) in [5.41, 5.74) is 0.778. The zero-order chi connectivity index (χ0) is 15.6. The SMILES string of the molecule is Cc1ccc(C(=O)N2CCCC(NS(C)(=O)=O)C2)c(F)c1. The molecule has 0 spiro atoms. The molecule has 1 amide bonds. The molecule has 0 saturated carbocycles. The summed E-state index contributed by atoms with van der Waals surface area (Å²) in [5.74, 6) is -0.939. The van der Waals surface area contributed by atoms with E-state index in [0.29, 0.717) is 19.4 Å². The monoisotopic (exact) mass is 314 g/mol. The second-order valence-corrected chi connectivity index (χ2v) is 7.24. The minimum Gasteiger partial charge on any atom is -0.337 e. The van der Waals surface area contributed by atoms with E-state index in [1.165, 1.54) is 17.0 Å². The minimum absolute atomic E-state index is 0.0283. The van der Waals surface area contributed by atoms with Gasteiger partial charge in [0.25, 0.3) is 5.91 Å². The summed E-state index contributed by atoms with van der Waals surface area (Å²) >= 11 is 0. The molecule has 1 unspecified atom stereocenters. The van der Waals surface area contributed by atoms with E-state index in [1.54, 1.807) is 13.0 Å². The predicted octanol–water partition coefficient (Wildman–Crippen LogP) is 1.29. The fourth-order valence-corrected chi connectivity index (χ4v) is 3.32.